The van der Waals surface area contributed by atoms with Crippen molar-refractivity contribution in [3.8, 4) is 0 Å². The predicted octanol–water partition coefficient (Wildman–Crippen LogP) is 0.0807. The lowest BCUT2D eigenvalue weighted by Gasteiger charge is -1.92. The zero-order valence-corrected chi connectivity index (χ0v) is 4.12. The van der Waals surface area contributed by atoms with Crippen LogP contribution in [-0.4, -0.2) is 11.8 Å². The van der Waals surface area contributed by atoms with Gasteiger partial charge in [0.25, 0.3) is 5.17 Å². The van der Waals surface area contributed by atoms with E-state index in [0.29, 0.717) is 6.61 Å². The second-order valence-electron chi connectivity index (χ2n) is 0.667. The second-order valence-corrected chi connectivity index (χ2v) is 1.07. The number of hydrogen-bond donors (Lipinski definition) is 1. The average Bonchev–Trinajstić information content (AvgIpc) is 1.35. The molecule has 0 aliphatic rings. The standard InChI is InChI=1S/C3H6NOS/c1-2-5-3(4)6/h1-2H2,(H2,4,6). The Kier molecular flexibility index (Phi) is 2.75. The Bertz CT molecular complexity index is 54.8. The number of hydrogen-bond acceptors (Lipinski definition) is 2. The number of thiocarbonyl (C=S) groups is 1. The molecule has 3 heteroatoms. The summed E-state index contributed by atoms with van der Waals surface area (Å²) in [5.41, 5.74) is 4.87. The Morgan fingerprint density at radius 3 is 2.50 bits per heavy atom. The molecule has 0 heterocycles. The molecule has 0 fully saturated rings. The molecule has 0 rings (SSSR count). The Balaban J connectivity index is 2.83. The molecule has 35 valence electrons. The molecule has 0 unspecified atom stereocenters. The molecule has 0 amide bonds. The first-order valence-electron chi connectivity index (χ1n) is 1.49. The van der Waals surface area contributed by atoms with Crippen LogP contribution in [0.1, 0.15) is 0 Å². The Labute approximate surface area is 42.3 Å². The number of nitrogens with two attached hydrogens (primary N) is 1. The molecule has 0 saturated heterocycles. The summed E-state index contributed by atoms with van der Waals surface area (Å²) in [4.78, 5) is 0. The molecule has 0 atom stereocenters. The fourth-order valence-corrected chi connectivity index (χ4v) is 0.184. The minimum atomic E-state index is 0.0602. The fraction of sp³-hybridized carbons (Fsp3) is 0.333. The van der Waals surface area contributed by atoms with Gasteiger partial charge in [-0.1, -0.05) is 0 Å². The van der Waals surface area contributed by atoms with Crippen LogP contribution in [0.4, 0.5) is 0 Å². The monoisotopic (exact) mass is 104 g/mol. The van der Waals surface area contributed by atoms with Crippen molar-refractivity contribution < 1.29 is 4.74 Å². The molecule has 2 nitrogen and oxygen atoms in total. The summed E-state index contributed by atoms with van der Waals surface area (Å²) in [6, 6.07) is 0. The zero-order chi connectivity index (χ0) is 4.99. The molecule has 0 aliphatic heterocycles. The highest BCUT2D eigenvalue weighted by molar-refractivity contribution is 7.80. The van der Waals surface area contributed by atoms with Crippen molar-refractivity contribution >= 4 is 17.4 Å². The third kappa shape index (κ3) is 3.69. The van der Waals surface area contributed by atoms with Gasteiger partial charge in [-0.3, -0.25) is 0 Å². The minimum Gasteiger partial charge on any atom is -0.471 e. The molecular formula is C3H6NOS. The number of ether oxygens (including phenoxy) is 1. The molecule has 6 heavy (non-hydrogen) atoms. The van der Waals surface area contributed by atoms with Crippen molar-refractivity contribution in [2.45, 2.75) is 0 Å². The zero-order valence-electron chi connectivity index (χ0n) is 3.31. The Hall–Kier alpha value is -0.310. The van der Waals surface area contributed by atoms with Crippen LogP contribution in [-0.2, 0) is 4.74 Å². The molecule has 0 aliphatic carbocycles. The van der Waals surface area contributed by atoms with Gasteiger partial charge >= 0.3 is 0 Å². The Morgan fingerprint density at radius 2 is 2.50 bits per heavy atom. The van der Waals surface area contributed by atoms with E-state index in [1.165, 1.54) is 0 Å². The maximum atomic E-state index is 4.87. The normalized spacial score (nSPS) is 7.50. The van der Waals surface area contributed by atoms with Crippen molar-refractivity contribution in [2.24, 2.45) is 5.73 Å². The van der Waals surface area contributed by atoms with Gasteiger partial charge in [-0.05, 0) is 19.1 Å². The molecule has 0 aromatic carbocycles. The van der Waals surface area contributed by atoms with E-state index >= 15 is 0 Å². The molecule has 0 bridgehead atoms. The van der Waals surface area contributed by atoms with Gasteiger partial charge in [-0.25, -0.2) is 0 Å². The lowest BCUT2D eigenvalue weighted by atomic mass is 10.9. The van der Waals surface area contributed by atoms with Crippen LogP contribution >= 0.6 is 12.2 Å². The van der Waals surface area contributed by atoms with E-state index in [9.17, 15) is 0 Å². The highest BCUT2D eigenvalue weighted by Crippen LogP contribution is 1.67. The van der Waals surface area contributed by atoms with Crippen LogP contribution < -0.4 is 5.73 Å². The van der Waals surface area contributed by atoms with Crippen LogP contribution in [0.15, 0.2) is 0 Å². The molecule has 0 aromatic rings. The molecule has 2 N–H and O–H groups in total. The van der Waals surface area contributed by atoms with E-state index in [-0.39, 0.29) is 5.17 Å². The van der Waals surface area contributed by atoms with Gasteiger partial charge in [-0.2, -0.15) is 0 Å². The van der Waals surface area contributed by atoms with Crippen LogP contribution in [0.3, 0.4) is 0 Å². The van der Waals surface area contributed by atoms with Crippen molar-refractivity contribution in [1.29, 1.82) is 0 Å². The third-order valence-corrected chi connectivity index (χ3v) is 0.362. The summed E-state index contributed by atoms with van der Waals surface area (Å²) in [5.74, 6) is 0. The summed E-state index contributed by atoms with van der Waals surface area (Å²) < 4.78 is 4.44. The van der Waals surface area contributed by atoms with Crippen LogP contribution in [0.2, 0.25) is 0 Å². The van der Waals surface area contributed by atoms with E-state index in [1.54, 1.807) is 0 Å². The summed E-state index contributed by atoms with van der Waals surface area (Å²) in [7, 11) is 0. The SMILES string of the molecule is [CH2]COC(N)=S. The topological polar surface area (TPSA) is 35.2 Å². The summed E-state index contributed by atoms with van der Waals surface area (Å²) in [5, 5.41) is 0.0602. The summed E-state index contributed by atoms with van der Waals surface area (Å²) in [6.45, 7) is 3.65. The van der Waals surface area contributed by atoms with Gasteiger partial charge in [0.1, 0.15) is 0 Å². The van der Waals surface area contributed by atoms with E-state index in [0.717, 1.165) is 0 Å². The van der Waals surface area contributed by atoms with E-state index < -0.39 is 0 Å². The molecule has 0 spiro atoms. The maximum Gasteiger partial charge on any atom is 0.253 e. The lowest BCUT2D eigenvalue weighted by molar-refractivity contribution is 0.353. The summed E-state index contributed by atoms with van der Waals surface area (Å²) in [6.07, 6.45) is 0. The smallest absolute Gasteiger partial charge is 0.253 e. The minimum absolute atomic E-state index is 0.0602. The first kappa shape index (κ1) is 5.69. The predicted molar refractivity (Wildman–Crippen MR) is 28.1 cm³/mol. The molecule has 1 radical (unpaired) electrons. The van der Waals surface area contributed by atoms with E-state index in [2.05, 4.69) is 23.9 Å². The lowest BCUT2D eigenvalue weighted by Crippen LogP contribution is -2.11. The van der Waals surface area contributed by atoms with Gasteiger partial charge in [0.05, 0.1) is 6.61 Å². The van der Waals surface area contributed by atoms with E-state index in [4.69, 9.17) is 5.73 Å². The maximum absolute atomic E-state index is 4.87. The van der Waals surface area contributed by atoms with Gasteiger partial charge < -0.3 is 10.5 Å². The largest absolute Gasteiger partial charge is 0.471 e. The molecule has 0 aromatic heterocycles. The second kappa shape index (κ2) is 2.90. The van der Waals surface area contributed by atoms with Crippen LogP contribution in [0.5, 0.6) is 0 Å². The van der Waals surface area contributed by atoms with Crippen molar-refractivity contribution in [3.05, 3.63) is 6.92 Å². The highest BCUT2D eigenvalue weighted by atomic mass is 32.1. The highest BCUT2D eigenvalue weighted by Gasteiger charge is 1.76. The van der Waals surface area contributed by atoms with Crippen molar-refractivity contribution in [3.63, 3.8) is 0 Å². The van der Waals surface area contributed by atoms with E-state index in [1.807, 2.05) is 0 Å². The Morgan fingerprint density at radius 1 is 2.00 bits per heavy atom. The fourth-order valence-electron chi connectivity index (χ4n) is 0.101. The van der Waals surface area contributed by atoms with Gasteiger partial charge in [0.2, 0.25) is 0 Å². The average molecular weight is 104 g/mol. The van der Waals surface area contributed by atoms with Crippen molar-refractivity contribution in [2.75, 3.05) is 6.61 Å². The van der Waals surface area contributed by atoms with Crippen LogP contribution in [0, 0.1) is 6.92 Å². The van der Waals surface area contributed by atoms with Gasteiger partial charge in [0, 0.05) is 0 Å². The van der Waals surface area contributed by atoms with Crippen molar-refractivity contribution in [1.82, 2.24) is 0 Å². The number of rotatable bonds is 1. The summed E-state index contributed by atoms with van der Waals surface area (Å²) >= 11 is 4.31. The van der Waals surface area contributed by atoms with Crippen LogP contribution in [0.25, 0.3) is 0 Å². The first-order valence-corrected chi connectivity index (χ1v) is 1.89. The van der Waals surface area contributed by atoms with Gasteiger partial charge in [0.15, 0.2) is 0 Å². The first-order chi connectivity index (χ1) is 2.77. The quantitative estimate of drug-likeness (QED) is 0.478. The molecule has 0 saturated carbocycles. The van der Waals surface area contributed by atoms with Gasteiger partial charge in [-0.15, -0.1) is 0 Å². The molecular weight excluding hydrogens is 98.1 g/mol. The third-order valence-electron chi connectivity index (χ3n) is 0.244.